The molecule has 0 radical (unpaired) electrons. The van der Waals surface area contributed by atoms with Crippen LogP contribution in [0.5, 0.6) is 0 Å². The van der Waals surface area contributed by atoms with Gasteiger partial charge in [0.2, 0.25) is 0 Å². The Morgan fingerprint density at radius 3 is 2.79 bits per heavy atom. The molecule has 102 valence electrons. The van der Waals surface area contributed by atoms with Crippen LogP contribution in [-0.4, -0.2) is 7.11 Å². The number of allylic oxidation sites excluding steroid dienone is 1. The van der Waals surface area contributed by atoms with E-state index in [1.165, 1.54) is 11.1 Å². The molecule has 0 saturated carbocycles. The molecule has 1 unspecified atom stereocenters. The standard InChI is InChI=1S/C17H22O2/c1-5-6-9-15(12(2)18-4)17-16-11-8-7-10-14(16)13(3)19-17/h7-8,10-11,13H,2,5-6,9H2,1,3-4H3/b17-15-. The lowest BCUT2D eigenvalue weighted by Crippen LogP contribution is -1.97. The number of ether oxygens (including phenoxy) is 2. The summed E-state index contributed by atoms with van der Waals surface area (Å²) in [6, 6.07) is 8.34. The fourth-order valence-corrected chi connectivity index (χ4v) is 2.45. The number of rotatable bonds is 5. The van der Waals surface area contributed by atoms with Gasteiger partial charge in [0.05, 0.1) is 7.11 Å². The smallest absolute Gasteiger partial charge is 0.134 e. The molecule has 1 aromatic carbocycles. The van der Waals surface area contributed by atoms with Crippen molar-refractivity contribution in [2.24, 2.45) is 0 Å². The number of hydrogen-bond donors (Lipinski definition) is 0. The van der Waals surface area contributed by atoms with Gasteiger partial charge in [-0.15, -0.1) is 0 Å². The van der Waals surface area contributed by atoms with Crippen molar-refractivity contribution in [3.63, 3.8) is 0 Å². The third kappa shape index (κ3) is 2.67. The molecular weight excluding hydrogens is 236 g/mol. The van der Waals surface area contributed by atoms with Gasteiger partial charge in [-0.3, -0.25) is 0 Å². The van der Waals surface area contributed by atoms with Crippen molar-refractivity contribution in [1.29, 1.82) is 0 Å². The van der Waals surface area contributed by atoms with Crippen LogP contribution in [0.25, 0.3) is 5.76 Å². The van der Waals surface area contributed by atoms with Gasteiger partial charge >= 0.3 is 0 Å². The zero-order valence-corrected chi connectivity index (χ0v) is 12.0. The average Bonchev–Trinajstić information content (AvgIpc) is 2.77. The number of methoxy groups -OCH3 is 1. The quantitative estimate of drug-likeness (QED) is 0.704. The highest BCUT2D eigenvalue weighted by molar-refractivity contribution is 5.72. The van der Waals surface area contributed by atoms with Crippen molar-refractivity contribution in [1.82, 2.24) is 0 Å². The zero-order chi connectivity index (χ0) is 13.8. The van der Waals surface area contributed by atoms with Gasteiger partial charge in [-0.1, -0.05) is 44.2 Å². The SMILES string of the molecule is C=C(OC)/C(CCCC)=C1\OC(C)c2ccccc21. The monoisotopic (exact) mass is 258 g/mol. The Hall–Kier alpha value is -1.70. The van der Waals surface area contributed by atoms with Gasteiger partial charge < -0.3 is 9.47 Å². The number of unbranched alkanes of at least 4 members (excludes halogenated alkanes) is 1. The Balaban J connectivity index is 2.46. The zero-order valence-electron chi connectivity index (χ0n) is 12.0. The van der Waals surface area contributed by atoms with E-state index in [0.29, 0.717) is 5.76 Å². The first kappa shape index (κ1) is 13.7. The number of fused-ring (bicyclic) bond motifs is 1. The van der Waals surface area contributed by atoms with Gasteiger partial charge in [0, 0.05) is 16.7 Å². The first-order chi connectivity index (χ1) is 9.19. The highest BCUT2D eigenvalue weighted by Crippen LogP contribution is 2.41. The lowest BCUT2D eigenvalue weighted by Gasteiger charge is -2.14. The van der Waals surface area contributed by atoms with Crippen LogP contribution in [-0.2, 0) is 9.47 Å². The Labute approximate surface area is 115 Å². The molecule has 0 aromatic heterocycles. The molecule has 0 fully saturated rings. The van der Waals surface area contributed by atoms with Crippen LogP contribution in [0.4, 0.5) is 0 Å². The fraction of sp³-hybridized carbons (Fsp3) is 0.412. The topological polar surface area (TPSA) is 18.5 Å². The van der Waals surface area contributed by atoms with Crippen LogP contribution < -0.4 is 0 Å². The summed E-state index contributed by atoms with van der Waals surface area (Å²) in [5.74, 6) is 1.66. The van der Waals surface area contributed by atoms with Gasteiger partial charge in [-0.25, -0.2) is 0 Å². The maximum absolute atomic E-state index is 6.05. The molecule has 1 aliphatic heterocycles. The van der Waals surface area contributed by atoms with Gasteiger partial charge in [0.15, 0.2) is 0 Å². The highest BCUT2D eigenvalue weighted by Gasteiger charge is 2.27. The van der Waals surface area contributed by atoms with Crippen molar-refractivity contribution in [2.45, 2.75) is 39.2 Å². The normalized spacial score (nSPS) is 19.6. The molecule has 1 heterocycles. The van der Waals surface area contributed by atoms with E-state index in [9.17, 15) is 0 Å². The van der Waals surface area contributed by atoms with Crippen LogP contribution in [0.3, 0.4) is 0 Å². The van der Waals surface area contributed by atoms with Crippen molar-refractivity contribution in [2.75, 3.05) is 7.11 Å². The minimum Gasteiger partial charge on any atom is -0.497 e. The summed E-state index contributed by atoms with van der Waals surface area (Å²) in [7, 11) is 1.67. The summed E-state index contributed by atoms with van der Waals surface area (Å²) in [5, 5.41) is 0. The average molecular weight is 258 g/mol. The lowest BCUT2D eigenvalue weighted by molar-refractivity contribution is 0.204. The molecule has 2 rings (SSSR count). The Morgan fingerprint density at radius 1 is 1.37 bits per heavy atom. The van der Waals surface area contributed by atoms with Crippen LogP contribution in [0.1, 0.15) is 50.3 Å². The molecule has 2 nitrogen and oxygen atoms in total. The van der Waals surface area contributed by atoms with E-state index in [1.807, 2.05) is 6.07 Å². The molecule has 0 saturated heterocycles. The molecule has 1 aromatic rings. The Bertz CT molecular complexity index is 500. The van der Waals surface area contributed by atoms with Crippen molar-refractivity contribution < 1.29 is 9.47 Å². The molecule has 0 aliphatic carbocycles. The summed E-state index contributed by atoms with van der Waals surface area (Å²) >= 11 is 0. The van der Waals surface area contributed by atoms with E-state index in [1.54, 1.807) is 7.11 Å². The Morgan fingerprint density at radius 2 is 2.11 bits per heavy atom. The van der Waals surface area contributed by atoms with Crippen molar-refractivity contribution in [3.05, 3.63) is 53.3 Å². The summed E-state index contributed by atoms with van der Waals surface area (Å²) in [6.07, 6.45) is 3.30. The fourth-order valence-electron chi connectivity index (χ4n) is 2.45. The predicted molar refractivity (Wildman–Crippen MR) is 78.5 cm³/mol. The number of hydrogen-bond acceptors (Lipinski definition) is 2. The molecule has 19 heavy (non-hydrogen) atoms. The first-order valence-corrected chi connectivity index (χ1v) is 6.91. The molecule has 1 atom stereocenters. The van der Waals surface area contributed by atoms with E-state index in [0.717, 1.165) is 30.6 Å². The third-order valence-electron chi connectivity index (χ3n) is 3.58. The van der Waals surface area contributed by atoms with Gasteiger partial charge in [-0.05, 0) is 19.8 Å². The summed E-state index contributed by atoms with van der Waals surface area (Å²) < 4.78 is 11.4. The van der Waals surface area contributed by atoms with Gasteiger partial charge in [-0.2, -0.15) is 0 Å². The molecule has 2 heteroatoms. The molecule has 0 N–H and O–H groups in total. The second kappa shape index (κ2) is 5.96. The third-order valence-corrected chi connectivity index (χ3v) is 3.58. The van der Waals surface area contributed by atoms with Crippen LogP contribution in [0, 0.1) is 0 Å². The molecule has 0 bridgehead atoms. The Kier molecular flexibility index (Phi) is 4.31. The number of benzene rings is 1. The lowest BCUT2D eigenvalue weighted by atomic mass is 9.99. The maximum Gasteiger partial charge on any atom is 0.134 e. The van der Waals surface area contributed by atoms with Crippen molar-refractivity contribution >= 4 is 5.76 Å². The molecule has 1 aliphatic rings. The summed E-state index contributed by atoms with van der Waals surface area (Å²) in [6.45, 7) is 8.28. The van der Waals surface area contributed by atoms with Gasteiger partial charge in [0.1, 0.15) is 17.6 Å². The minimum absolute atomic E-state index is 0.104. The second-order valence-electron chi connectivity index (χ2n) is 4.89. The van der Waals surface area contributed by atoms with Crippen LogP contribution in [0.2, 0.25) is 0 Å². The largest absolute Gasteiger partial charge is 0.497 e. The second-order valence-corrected chi connectivity index (χ2v) is 4.89. The molecule has 0 spiro atoms. The van der Waals surface area contributed by atoms with Crippen molar-refractivity contribution in [3.8, 4) is 0 Å². The summed E-state index contributed by atoms with van der Waals surface area (Å²) in [4.78, 5) is 0. The minimum atomic E-state index is 0.104. The first-order valence-electron chi connectivity index (χ1n) is 6.91. The molecule has 0 amide bonds. The van der Waals surface area contributed by atoms with E-state index in [-0.39, 0.29) is 6.10 Å². The van der Waals surface area contributed by atoms with Crippen LogP contribution >= 0.6 is 0 Å². The predicted octanol–water partition coefficient (Wildman–Crippen LogP) is 4.84. The maximum atomic E-state index is 6.05. The van der Waals surface area contributed by atoms with E-state index in [2.05, 4.69) is 38.6 Å². The highest BCUT2D eigenvalue weighted by atomic mass is 16.5. The van der Waals surface area contributed by atoms with E-state index < -0.39 is 0 Å². The summed E-state index contributed by atoms with van der Waals surface area (Å²) in [5.41, 5.74) is 3.52. The molecular formula is C17H22O2. The van der Waals surface area contributed by atoms with E-state index in [4.69, 9.17) is 9.47 Å². The van der Waals surface area contributed by atoms with E-state index >= 15 is 0 Å². The van der Waals surface area contributed by atoms with Gasteiger partial charge in [0.25, 0.3) is 0 Å². The van der Waals surface area contributed by atoms with Crippen LogP contribution in [0.15, 0.2) is 42.2 Å².